The maximum absolute atomic E-state index is 12.5. The van der Waals surface area contributed by atoms with Crippen molar-refractivity contribution in [3.05, 3.63) is 45.8 Å². The number of carbonyl (C=O) groups is 1. The van der Waals surface area contributed by atoms with Crippen molar-refractivity contribution in [1.29, 1.82) is 0 Å². The molecule has 0 saturated carbocycles. The van der Waals surface area contributed by atoms with Crippen LogP contribution in [-0.4, -0.2) is 24.7 Å². The Morgan fingerprint density at radius 1 is 1.33 bits per heavy atom. The van der Waals surface area contributed by atoms with Crippen molar-refractivity contribution < 1.29 is 9.53 Å². The van der Waals surface area contributed by atoms with Crippen LogP contribution in [0.25, 0.3) is 0 Å². The number of nitrogens with one attached hydrogen (secondary N) is 1. The number of esters is 1. The monoisotopic (exact) mass is 400 g/mol. The van der Waals surface area contributed by atoms with Crippen LogP contribution in [0.5, 0.6) is 0 Å². The van der Waals surface area contributed by atoms with Crippen LogP contribution in [-0.2, 0) is 24.0 Å². The fraction of sp³-hybridized carbons (Fsp3) is 0.429. The highest BCUT2D eigenvalue weighted by Crippen LogP contribution is 2.40. The number of nitrogens with zero attached hydrogens (tertiary/aromatic N) is 1. The lowest BCUT2D eigenvalue weighted by atomic mass is 9.88. The maximum atomic E-state index is 12.5. The topological polar surface area (TPSA) is 41.6 Å². The highest BCUT2D eigenvalue weighted by atomic mass is 32.1. The summed E-state index contributed by atoms with van der Waals surface area (Å²) in [7, 11) is 1.45. The number of methoxy groups -OCH3 is 1. The van der Waals surface area contributed by atoms with Crippen molar-refractivity contribution in [3.63, 3.8) is 0 Å². The smallest absolute Gasteiger partial charge is 0.341 e. The average Bonchev–Trinajstić information content (AvgIpc) is 3.03. The minimum Gasteiger partial charge on any atom is -0.465 e. The molecule has 1 N–H and O–H groups in total. The molecule has 2 aliphatic rings. The molecule has 0 radical (unpaired) electrons. The average molecular weight is 401 g/mol. The largest absolute Gasteiger partial charge is 0.465 e. The van der Waals surface area contributed by atoms with Crippen molar-refractivity contribution in [1.82, 2.24) is 0 Å². The number of thiophene rings is 1. The Morgan fingerprint density at radius 2 is 2.15 bits per heavy atom. The van der Waals surface area contributed by atoms with Gasteiger partial charge in [0.25, 0.3) is 0 Å². The second-order valence-corrected chi connectivity index (χ2v) is 8.85. The third-order valence-electron chi connectivity index (χ3n) is 5.48. The Hall–Kier alpha value is -1.92. The Balaban J connectivity index is 1.65. The Labute approximate surface area is 169 Å². The molecule has 142 valence electrons. The second-order valence-electron chi connectivity index (χ2n) is 7.36. The molecule has 27 heavy (non-hydrogen) atoms. The summed E-state index contributed by atoms with van der Waals surface area (Å²) in [5.74, 6) is 0.377. The van der Waals surface area contributed by atoms with E-state index in [1.54, 1.807) is 11.3 Å². The lowest BCUT2D eigenvalue weighted by Crippen LogP contribution is -2.38. The molecule has 2 heterocycles. The van der Waals surface area contributed by atoms with Crippen LogP contribution in [0.4, 0.5) is 10.7 Å². The van der Waals surface area contributed by atoms with Gasteiger partial charge in [-0.2, -0.15) is 0 Å². The molecule has 2 aromatic rings. The molecule has 1 atom stereocenters. The third kappa shape index (κ3) is 3.48. The summed E-state index contributed by atoms with van der Waals surface area (Å²) in [6.07, 6.45) is 5.20. The molecule has 1 aliphatic carbocycles. The number of fused-ring (bicyclic) bond motifs is 2. The molecule has 0 spiro atoms. The fourth-order valence-corrected chi connectivity index (χ4v) is 5.82. The van der Waals surface area contributed by atoms with Gasteiger partial charge < -0.3 is 15.0 Å². The first kappa shape index (κ1) is 18.4. The van der Waals surface area contributed by atoms with Crippen molar-refractivity contribution in [3.8, 4) is 0 Å². The molecule has 1 aliphatic heterocycles. The number of anilines is 2. The van der Waals surface area contributed by atoms with Gasteiger partial charge >= 0.3 is 5.97 Å². The van der Waals surface area contributed by atoms with E-state index in [0.717, 1.165) is 54.9 Å². The van der Waals surface area contributed by atoms with E-state index in [4.69, 9.17) is 17.0 Å². The highest BCUT2D eigenvalue weighted by molar-refractivity contribution is 7.80. The van der Waals surface area contributed by atoms with E-state index in [2.05, 4.69) is 35.3 Å². The standard InChI is InChI=1S/C21H24N2O2S2/c1-13-9-10-15-17(12-13)27-19(18(15)20(24)25-2)22-21(26)23-11-5-7-14-6-3-4-8-16(14)23/h3-4,6,8,13H,5,7,9-12H2,1-2H3,(H,22,26)/t13-/m1/s1. The first-order valence-corrected chi connectivity index (χ1v) is 10.7. The molecule has 0 saturated heterocycles. The van der Waals surface area contributed by atoms with Crippen LogP contribution in [0, 0.1) is 5.92 Å². The first-order valence-electron chi connectivity index (χ1n) is 9.47. The van der Waals surface area contributed by atoms with Gasteiger partial charge in [0.15, 0.2) is 5.11 Å². The number of rotatable bonds is 2. The molecule has 1 aromatic heterocycles. The molecule has 0 amide bonds. The molecule has 0 fully saturated rings. The quantitative estimate of drug-likeness (QED) is 0.579. The number of hydrogen-bond donors (Lipinski definition) is 1. The van der Waals surface area contributed by atoms with E-state index in [1.165, 1.54) is 17.6 Å². The van der Waals surface area contributed by atoms with Gasteiger partial charge in [-0.15, -0.1) is 11.3 Å². The van der Waals surface area contributed by atoms with Crippen LogP contribution >= 0.6 is 23.6 Å². The molecule has 0 bridgehead atoms. The van der Waals surface area contributed by atoms with Gasteiger partial charge in [0, 0.05) is 17.1 Å². The third-order valence-corrected chi connectivity index (χ3v) is 6.97. The van der Waals surface area contributed by atoms with E-state index in [0.29, 0.717) is 16.6 Å². The maximum Gasteiger partial charge on any atom is 0.341 e. The number of thiocarbonyl (C=S) groups is 1. The van der Waals surface area contributed by atoms with Gasteiger partial charge in [0.1, 0.15) is 5.00 Å². The second kappa shape index (κ2) is 7.60. The summed E-state index contributed by atoms with van der Waals surface area (Å²) in [4.78, 5) is 15.9. The SMILES string of the molecule is COC(=O)c1c(NC(=S)N2CCCc3ccccc32)sc2c1CC[C@@H](C)C2. The molecule has 4 rings (SSSR count). The molecule has 6 heteroatoms. The van der Waals surface area contributed by atoms with E-state index >= 15 is 0 Å². The van der Waals surface area contributed by atoms with Crippen LogP contribution in [0.15, 0.2) is 24.3 Å². The van der Waals surface area contributed by atoms with E-state index in [-0.39, 0.29) is 5.97 Å². The van der Waals surface area contributed by atoms with E-state index < -0.39 is 0 Å². The number of aryl methyl sites for hydroxylation is 1. The number of carbonyl (C=O) groups excluding carboxylic acids is 1. The van der Waals surface area contributed by atoms with Crippen LogP contribution in [0.3, 0.4) is 0 Å². The van der Waals surface area contributed by atoms with Crippen molar-refractivity contribution in [2.45, 2.75) is 39.0 Å². The summed E-state index contributed by atoms with van der Waals surface area (Å²) in [6.45, 7) is 3.15. The normalized spacial score (nSPS) is 18.4. The van der Waals surface area contributed by atoms with Gasteiger partial charge in [-0.3, -0.25) is 0 Å². The Kier molecular flexibility index (Phi) is 5.19. The molecular weight excluding hydrogens is 376 g/mol. The lowest BCUT2D eigenvalue weighted by Gasteiger charge is -2.31. The summed E-state index contributed by atoms with van der Waals surface area (Å²) in [5, 5.41) is 4.86. The van der Waals surface area contributed by atoms with Gasteiger partial charge in [0.05, 0.1) is 12.7 Å². The number of hydrogen-bond acceptors (Lipinski definition) is 4. The fourth-order valence-electron chi connectivity index (χ4n) is 4.07. The number of ether oxygens (including phenoxy) is 1. The molecule has 0 unspecified atom stereocenters. The zero-order valence-electron chi connectivity index (χ0n) is 15.7. The van der Waals surface area contributed by atoms with Crippen LogP contribution in [0.1, 0.15) is 46.1 Å². The summed E-state index contributed by atoms with van der Waals surface area (Å²) in [6, 6.07) is 8.40. The van der Waals surface area contributed by atoms with E-state index in [9.17, 15) is 4.79 Å². The van der Waals surface area contributed by atoms with Crippen LogP contribution in [0.2, 0.25) is 0 Å². The Morgan fingerprint density at radius 3 is 2.96 bits per heavy atom. The number of benzene rings is 1. The lowest BCUT2D eigenvalue weighted by molar-refractivity contribution is 0.0601. The van der Waals surface area contributed by atoms with Crippen molar-refractivity contribution in [2.24, 2.45) is 5.92 Å². The summed E-state index contributed by atoms with van der Waals surface area (Å²) in [5.41, 5.74) is 4.31. The summed E-state index contributed by atoms with van der Waals surface area (Å²) >= 11 is 7.40. The minimum absolute atomic E-state index is 0.272. The minimum atomic E-state index is -0.272. The van der Waals surface area contributed by atoms with Gasteiger partial charge in [-0.05, 0) is 67.4 Å². The van der Waals surface area contributed by atoms with Crippen molar-refractivity contribution >= 4 is 45.3 Å². The summed E-state index contributed by atoms with van der Waals surface area (Å²) < 4.78 is 5.08. The van der Waals surface area contributed by atoms with Gasteiger partial charge in [-0.25, -0.2) is 4.79 Å². The Bertz CT molecular complexity index is 890. The van der Waals surface area contributed by atoms with E-state index in [1.807, 2.05) is 6.07 Å². The molecular formula is C21H24N2O2S2. The zero-order valence-corrected chi connectivity index (χ0v) is 17.3. The molecule has 4 nitrogen and oxygen atoms in total. The highest BCUT2D eigenvalue weighted by Gasteiger charge is 2.29. The van der Waals surface area contributed by atoms with Gasteiger partial charge in [0.2, 0.25) is 0 Å². The zero-order chi connectivity index (χ0) is 19.0. The van der Waals surface area contributed by atoms with Gasteiger partial charge in [-0.1, -0.05) is 25.1 Å². The number of para-hydroxylation sites is 1. The predicted octanol–water partition coefficient (Wildman–Crippen LogP) is 4.81. The molecule has 1 aromatic carbocycles. The van der Waals surface area contributed by atoms with Crippen molar-refractivity contribution in [2.75, 3.05) is 23.9 Å². The predicted molar refractivity (Wildman–Crippen MR) is 115 cm³/mol. The van der Waals surface area contributed by atoms with Crippen LogP contribution < -0.4 is 10.2 Å². The first-order chi connectivity index (χ1) is 13.1.